The summed E-state index contributed by atoms with van der Waals surface area (Å²) in [6, 6.07) is 15.8. The molecule has 0 unspecified atom stereocenters. The van der Waals surface area contributed by atoms with Crippen LogP contribution in [0.3, 0.4) is 0 Å². The fraction of sp³-hybridized carbons (Fsp3) is 0.318. The van der Waals surface area contributed by atoms with Gasteiger partial charge in [-0.15, -0.1) is 10.2 Å². The number of rotatable bonds is 6. The summed E-state index contributed by atoms with van der Waals surface area (Å²) < 4.78 is 24.6. The van der Waals surface area contributed by atoms with Gasteiger partial charge in [0.2, 0.25) is 17.7 Å². The monoisotopic (exact) mass is 395 g/mol. The standard InChI is InChI=1S/C22H22FN3O3/c23-18-11-9-16(10-12-18)19-15-26(13-14-28-19)21(27)8-4-7-20-24-25-22(29-20)17-5-2-1-3-6-17/h1-3,5-6,9-12,19H,4,7-8,13-15H2/t19-/m1/s1. The summed E-state index contributed by atoms with van der Waals surface area (Å²) >= 11 is 0. The molecule has 29 heavy (non-hydrogen) atoms. The highest BCUT2D eigenvalue weighted by Gasteiger charge is 2.25. The number of benzene rings is 2. The summed E-state index contributed by atoms with van der Waals surface area (Å²) in [5, 5.41) is 8.14. The number of ether oxygens (including phenoxy) is 1. The van der Waals surface area contributed by atoms with Crippen LogP contribution in [0.2, 0.25) is 0 Å². The Balaban J connectivity index is 1.27. The number of halogens is 1. The summed E-state index contributed by atoms with van der Waals surface area (Å²) in [5.74, 6) is 0.808. The zero-order valence-corrected chi connectivity index (χ0v) is 16.0. The van der Waals surface area contributed by atoms with E-state index in [1.54, 1.807) is 17.0 Å². The van der Waals surface area contributed by atoms with Crippen molar-refractivity contribution in [3.8, 4) is 11.5 Å². The van der Waals surface area contributed by atoms with Crippen LogP contribution in [0.25, 0.3) is 11.5 Å². The van der Waals surface area contributed by atoms with Gasteiger partial charge in [0.25, 0.3) is 0 Å². The van der Waals surface area contributed by atoms with E-state index in [0.717, 1.165) is 11.1 Å². The van der Waals surface area contributed by atoms with Crippen molar-refractivity contribution in [3.63, 3.8) is 0 Å². The average Bonchev–Trinajstić information content (AvgIpc) is 3.24. The highest BCUT2D eigenvalue weighted by molar-refractivity contribution is 5.76. The molecule has 150 valence electrons. The van der Waals surface area contributed by atoms with Gasteiger partial charge in [0, 0.05) is 24.9 Å². The molecule has 0 N–H and O–H groups in total. The fourth-order valence-corrected chi connectivity index (χ4v) is 3.36. The molecule has 1 aliphatic heterocycles. The minimum absolute atomic E-state index is 0.0724. The van der Waals surface area contributed by atoms with Crippen LogP contribution in [0.15, 0.2) is 59.0 Å². The molecule has 7 heteroatoms. The van der Waals surface area contributed by atoms with Crippen molar-refractivity contribution in [2.75, 3.05) is 19.7 Å². The lowest BCUT2D eigenvalue weighted by Gasteiger charge is -2.33. The Hall–Kier alpha value is -3.06. The number of morpholine rings is 1. The van der Waals surface area contributed by atoms with Crippen LogP contribution in [-0.4, -0.2) is 40.7 Å². The van der Waals surface area contributed by atoms with Gasteiger partial charge in [0.15, 0.2) is 0 Å². The van der Waals surface area contributed by atoms with Crippen LogP contribution in [0, 0.1) is 5.82 Å². The lowest BCUT2D eigenvalue weighted by atomic mass is 10.1. The molecule has 0 aliphatic carbocycles. The molecule has 2 heterocycles. The summed E-state index contributed by atoms with van der Waals surface area (Å²) in [5.41, 5.74) is 1.76. The van der Waals surface area contributed by atoms with Crippen molar-refractivity contribution in [1.82, 2.24) is 15.1 Å². The molecule has 1 aliphatic rings. The number of aryl methyl sites for hydroxylation is 1. The van der Waals surface area contributed by atoms with E-state index in [4.69, 9.17) is 9.15 Å². The van der Waals surface area contributed by atoms with Gasteiger partial charge in [-0.1, -0.05) is 30.3 Å². The predicted octanol–water partition coefficient (Wildman–Crippen LogP) is 3.80. The second kappa shape index (κ2) is 8.96. The van der Waals surface area contributed by atoms with E-state index in [-0.39, 0.29) is 17.8 Å². The lowest BCUT2D eigenvalue weighted by Crippen LogP contribution is -2.42. The first kappa shape index (κ1) is 19.3. The normalized spacial score (nSPS) is 16.7. The van der Waals surface area contributed by atoms with Crippen LogP contribution in [0.1, 0.15) is 30.4 Å². The van der Waals surface area contributed by atoms with Gasteiger partial charge < -0.3 is 14.1 Å². The second-order valence-electron chi connectivity index (χ2n) is 6.97. The molecule has 6 nitrogen and oxygen atoms in total. The molecule has 3 aromatic rings. The van der Waals surface area contributed by atoms with Crippen LogP contribution in [0.5, 0.6) is 0 Å². The molecule has 0 spiro atoms. The van der Waals surface area contributed by atoms with E-state index in [0.29, 0.717) is 50.7 Å². The number of carbonyl (C=O) groups is 1. The highest BCUT2D eigenvalue weighted by atomic mass is 19.1. The summed E-state index contributed by atoms with van der Waals surface area (Å²) in [4.78, 5) is 14.4. The molecule has 1 atom stereocenters. The van der Waals surface area contributed by atoms with Gasteiger partial charge in [-0.2, -0.15) is 0 Å². The van der Waals surface area contributed by atoms with E-state index in [2.05, 4.69) is 10.2 Å². The van der Waals surface area contributed by atoms with Crippen LogP contribution >= 0.6 is 0 Å². The maximum absolute atomic E-state index is 13.1. The van der Waals surface area contributed by atoms with Gasteiger partial charge in [-0.3, -0.25) is 4.79 Å². The molecule has 4 rings (SSSR count). The first-order valence-corrected chi connectivity index (χ1v) is 9.72. The van der Waals surface area contributed by atoms with Crippen molar-refractivity contribution in [1.29, 1.82) is 0 Å². The number of carbonyl (C=O) groups excluding carboxylic acids is 1. The lowest BCUT2D eigenvalue weighted by molar-refractivity contribution is -0.139. The van der Waals surface area contributed by atoms with Gasteiger partial charge >= 0.3 is 0 Å². The number of aromatic nitrogens is 2. The topological polar surface area (TPSA) is 68.5 Å². The van der Waals surface area contributed by atoms with E-state index in [9.17, 15) is 9.18 Å². The number of amides is 1. The van der Waals surface area contributed by atoms with Gasteiger partial charge in [0.1, 0.15) is 11.9 Å². The first-order valence-electron chi connectivity index (χ1n) is 9.72. The Morgan fingerprint density at radius 3 is 2.69 bits per heavy atom. The largest absolute Gasteiger partial charge is 0.421 e. The smallest absolute Gasteiger partial charge is 0.247 e. The zero-order valence-electron chi connectivity index (χ0n) is 16.0. The van der Waals surface area contributed by atoms with Crippen molar-refractivity contribution < 1.29 is 18.3 Å². The van der Waals surface area contributed by atoms with E-state index in [1.165, 1.54) is 12.1 Å². The van der Waals surface area contributed by atoms with Crippen LogP contribution < -0.4 is 0 Å². The third-order valence-corrected chi connectivity index (χ3v) is 4.93. The average molecular weight is 395 g/mol. The Morgan fingerprint density at radius 1 is 1.10 bits per heavy atom. The molecule has 1 saturated heterocycles. The Labute approximate surface area is 168 Å². The molecule has 1 amide bonds. The van der Waals surface area contributed by atoms with Gasteiger partial charge in [-0.25, -0.2) is 4.39 Å². The second-order valence-corrected chi connectivity index (χ2v) is 6.97. The Bertz CT molecular complexity index is 943. The minimum atomic E-state index is -0.283. The molecule has 2 aromatic carbocycles. The maximum Gasteiger partial charge on any atom is 0.247 e. The Kier molecular flexibility index (Phi) is 5.95. The molecule has 0 radical (unpaired) electrons. The van der Waals surface area contributed by atoms with E-state index >= 15 is 0 Å². The number of hydrogen-bond donors (Lipinski definition) is 0. The molecule has 0 bridgehead atoms. The van der Waals surface area contributed by atoms with Crippen molar-refractivity contribution in [3.05, 3.63) is 71.9 Å². The van der Waals surface area contributed by atoms with Crippen LogP contribution in [-0.2, 0) is 16.0 Å². The molecular formula is C22H22FN3O3. The van der Waals surface area contributed by atoms with E-state index in [1.807, 2.05) is 30.3 Å². The van der Waals surface area contributed by atoms with Crippen LogP contribution in [0.4, 0.5) is 4.39 Å². The third kappa shape index (κ3) is 4.86. The third-order valence-electron chi connectivity index (χ3n) is 4.93. The number of hydrogen-bond acceptors (Lipinski definition) is 5. The van der Waals surface area contributed by atoms with Gasteiger partial charge in [-0.05, 0) is 36.2 Å². The molecule has 0 saturated carbocycles. The van der Waals surface area contributed by atoms with Crippen molar-refractivity contribution >= 4 is 5.91 Å². The van der Waals surface area contributed by atoms with E-state index < -0.39 is 0 Å². The molecule has 1 fully saturated rings. The number of nitrogens with zero attached hydrogens (tertiary/aromatic N) is 3. The fourth-order valence-electron chi connectivity index (χ4n) is 3.36. The highest BCUT2D eigenvalue weighted by Crippen LogP contribution is 2.23. The predicted molar refractivity (Wildman–Crippen MR) is 104 cm³/mol. The SMILES string of the molecule is O=C(CCCc1nnc(-c2ccccc2)o1)N1CCO[C@@H](c2ccc(F)cc2)C1. The summed E-state index contributed by atoms with van der Waals surface area (Å²) in [6.07, 6.45) is 1.36. The Morgan fingerprint density at radius 2 is 1.90 bits per heavy atom. The summed E-state index contributed by atoms with van der Waals surface area (Å²) in [7, 11) is 0. The summed E-state index contributed by atoms with van der Waals surface area (Å²) in [6.45, 7) is 1.51. The molecular weight excluding hydrogens is 373 g/mol. The van der Waals surface area contributed by atoms with Gasteiger partial charge in [0.05, 0.1) is 13.2 Å². The minimum Gasteiger partial charge on any atom is -0.421 e. The zero-order chi connectivity index (χ0) is 20.1. The van der Waals surface area contributed by atoms with Crippen molar-refractivity contribution in [2.24, 2.45) is 0 Å². The maximum atomic E-state index is 13.1. The molecule has 1 aromatic heterocycles. The quantitative estimate of drug-likeness (QED) is 0.635. The van der Waals surface area contributed by atoms with Crippen molar-refractivity contribution in [2.45, 2.75) is 25.4 Å². The first-order chi connectivity index (χ1) is 14.2.